The monoisotopic (exact) mass is 235 g/mol. The van der Waals surface area contributed by atoms with Crippen LogP contribution in [0, 0.1) is 0 Å². The molecule has 0 aliphatic carbocycles. The Balaban J connectivity index is 1.88. The second kappa shape index (κ2) is 5.49. The molecule has 2 rings (SSSR count). The molecule has 0 bridgehead atoms. The standard InChI is InChI=1S/C11H17N5O/c1-2-15-4-3-11(14-15)12-7-10-8-13-16(9-10)5-6-17/h3-4,8-9,17H,2,5-7H2,1H3,(H,12,14). The van der Waals surface area contributed by atoms with Crippen LogP contribution in [0.1, 0.15) is 12.5 Å². The lowest BCUT2D eigenvalue weighted by Gasteiger charge is -2.00. The van der Waals surface area contributed by atoms with Gasteiger partial charge in [0.15, 0.2) is 0 Å². The molecule has 0 spiro atoms. The number of aliphatic hydroxyl groups is 1. The Kier molecular flexibility index (Phi) is 3.77. The van der Waals surface area contributed by atoms with Crippen LogP contribution in [0.4, 0.5) is 5.82 Å². The van der Waals surface area contributed by atoms with Crippen LogP contribution in [0.25, 0.3) is 0 Å². The Morgan fingerprint density at radius 3 is 3.00 bits per heavy atom. The molecule has 0 aromatic carbocycles. The minimum Gasteiger partial charge on any atom is -0.394 e. The molecule has 2 aromatic rings. The number of hydrogen-bond donors (Lipinski definition) is 2. The Labute approximate surface area is 99.9 Å². The van der Waals surface area contributed by atoms with Crippen LogP contribution in [0.15, 0.2) is 24.7 Å². The molecule has 0 aliphatic rings. The van der Waals surface area contributed by atoms with Crippen molar-refractivity contribution in [2.75, 3.05) is 11.9 Å². The number of aromatic nitrogens is 4. The van der Waals surface area contributed by atoms with E-state index in [0.29, 0.717) is 13.1 Å². The molecule has 2 aromatic heterocycles. The van der Waals surface area contributed by atoms with E-state index >= 15 is 0 Å². The lowest BCUT2D eigenvalue weighted by molar-refractivity contribution is 0.269. The number of nitrogens with zero attached hydrogens (tertiary/aromatic N) is 4. The van der Waals surface area contributed by atoms with E-state index in [1.807, 2.05) is 23.1 Å². The predicted octanol–water partition coefficient (Wildman–Crippen LogP) is 0.704. The third-order valence-electron chi connectivity index (χ3n) is 2.45. The summed E-state index contributed by atoms with van der Waals surface area (Å²) in [6, 6.07) is 1.95. The van der Waals surface area contributed by atoms with E-state index in [9.17, 15) is 0 Å². The summed E-state index contributed by atoms with van der Waals surface area (Å²) in [5, 5.41) is 20.5. The van der Waals surface area contributed by atoms with Crippen molar-refractivity contribution in [3.05, 3.63) is 30.2 Å². The maximum Gasteiger partial charge on any atom is 0.148 e. The Bertz CT molecular complexity index is 462. The number of aliphatic hydroxyl groups excluding tert-OH is 1. The van der Waals surface area contributed by atoms with Crippen molar-refractivity contribution in [3.63, 3.8) is 0 Å². The minimum absolute atomic E-state index is 0.107. The maximum absolute atomic E-state index is 8.78. The largest absolute Gasteiger partial charge is 0.394 e. The number of rotatable bonds is 6. The van der Waals surface area contributed by atoms with Crippen molar-refractivity contribution in [1.82, 2.24) is 19.6 Å². The molecular weight excluding hydrogens is 218 g/mol. The molecule has 0 atom stereocenters. The van der Waals surface area contributed by atoms with Crippen molar-refractivity contribution in [1.29, 1.82) is 0 Å². The molecule has 2 N–H and O–H groups in total. The van der Waals surface area contributed by atoms with Gasteiger partial charge < -0.3 is 10.4 Å². The van der Waals surface area contributed by atoms with Crippen molar-refractivity contribution in [3.8, 4) is 0 Å². The average Bonchev–Trinajstić information content (AvgIpc) is 2.95. The molecule has 6 heteroatoms. The molecule has 92 valence electrons. The van der Waals surface area contributed by atoms with Crippen LogP contribution < -0.4 is 5.32 Å². The Hall–Kier alpha value is -1.82. The molecule has 0 saturated heterocycles. The van der Waals surface area contributed by atoms with Crippen LogP contribution in [0.5, 0.6) is 0 Å². The second-order valence-corrected chi connectivity index (χ2v) is 3.75. The second-order valence-electron chi connectivity index (χ2n) is 3.75. The summed E-state index contributed by atoms with van der Waals surface area (Å²) in [4.78, 5) is 0. The first-order valence-corrected chi connectivity index (χ1v) is 5.71. The number of anilines is 1. The van der Waals surface area contributed by atoms with Crippen molar-refractivity contribution in [2.24, 2.45) is 0 Å². The van der Waals surface area contributed by atoms with Gasteiger partial charge in [-0.3, -0.25) is 9.36 Å². The fourth-order valence-electron chi connectivity index (χ4n) is 1.55. The van der Waals surface area contributed by atoms with E-state index in [-0.39, 0.29) is 6.61 Å². The first-order chi connectivity index (χ1) is 8.31. The Morgan fingerprint density at radius 1 is 1.41 bits per heavy atom. The highest BCUT2D eigenvalue weighted by Gasteiger charge is 2.00. The topological polar surface area (TPSA) is 67.9 Å². The quantitative estimate of drug-likeness (QED) is 0.773. The zero-order chi connectivity index (χ0) is 12.1. The molecule has 6 nitrogen and oxygen atoms in total. The summed E-state index contributed by atoms with van der Waals surface area (Å²) in [5.41, 5.74) is 1.07. The SMILES string of the molecule is CCn1ccc(NCc2cnn(CCO)c2)n1. The van der Waals surface area contributed by atoms with Gasteiger partial charge >= 0.3 is 0 Å². The zero-order valence-corrected chi connectivity index (χ0v) is 9.87. The summed E-state index contributed by atoms with van der Waals surface area (Å²) in [6.07, 6.45) is 5.65. The first kappa shape index (κ1) is 11.7. The smallest absolute Gasteiger partial charge is 0.148 e. The van der Waals surface area contributed by atoms with E-state index in [1.165, 1.54) is 0 Å². The van der Waals surface area contributed by atoms with Crippen LogP contribution in [-0.2, 0) is 19.6 Å². The van der Waals surface area contributed by atoms with Crippen LogP contribution in [0.2, 0.25) is 0 Å². The third kappa shape index (κ3) is 3.07. The van der Waals surface area contributed by atoms with Gasteiger partial charge in [-0.05, 0) is 6.92 Å². The molecule has 0 amide bonds. The van der Waals surface area contributed by atoms with Crippen molar-refractivity contribution in [2.45, 2.75) is 26.6 Å². The lowest BCUT2D eigenvalue weighted by Crippen LogP contribution is -2.03. The third-order valence-corrected chi connectivity index (χ3v) is 2.45. The zero-order valence-electron chi connectivity index (χ0n) is 9.87. The van der Waals surface area contributed by atoms with Gasteiger partial charge in [0.25, 0.3) is 0 Å². The van der Waals surface area contributed by atoms with Gasteiger partial charge in [-0.2, -0.15) is 10.2 Å². The summed E-state index contributed by atoms with van der Waals surface area (Å²) >= 11 is 0. The average molecular weight is 235 g/mol. The van der Waals surface area contributed by atoms with Crippen LogP contribution in [0.3, 0.4) is 0 Å². The molecule has 0 aliphatic heterocycles. The lowest BCUT2D eigenvalue weighted by atomic mass is 10.3. The van der Waals surface area contributed by atoms with E-state index in [0.717, 1.165) is 17.9 Å². The number of nitrogens with one attached hydrogen (secondary N) is 1. The molecule has 0 fully saturated rings. The fraction of sp³-hybridized carbons (Fsp3) is 0.455. The normalized spacial score (nSPS) is 10.7. The number of hydrogen-bond acceptors (Lipinski definition) is 4. The molecule has 2 heterocycles. The molecule has 0 unspecified atom stereocenters. The summed E-state index contributed by atoms with van der Waals surface area (Å²) in [6.45, 7) is 4.25. The van der Waals surface area contributed by atoms with E-state index in [4.69, 9.17) is 5.11 Å². The molecule has 0 radical (unpaired) electrons. The molecule has 0 saturated carbocycles. The minimum atomic E-state index is 0.107. The van der Waals surface area contributed by atoms with Crippen LogP contribution in [-0.4, -0.2) is 31.3 Å². The molecule has 17 heavy (non-hydrogen) atoms. The maximum atomic E-state index is 8.78. The van der Waals surface area contributed by atoms with Crippen LogP contribution >= 0.6 is 0 Å². The van der Waals surface area contributed by atoms with Gasteiger partial charge in [0.05, 0.1) is 19.3 Å². The van der Waals surface area contributed by atoms with Gasteiger partial charge in [-0.15, -0.1) is 0 Å². The van der Waals surface area contributed by atoms with Gasteiger partial charge in [-0.1, -0.05) is 0 Å². The first-order valence-electron chi connectivity index (χ1n) is 5.71. The summed E-state index contributed by atoms with van der Waals surface area (Å²) in [5.74, 6) is 0.863. The fourth-order valence-corrected chi connectivity index (χ4v) is 1.55. The van der Waals surface area contributed by atoms with E-state index < -0.39 is 0 Å². The van der Waals surface area contributed by atoms with Gasteiger partial charge in [-0.25, -0.2) is 0 Å². The predicted molar refractivity (Wildman–Crippen MR) is 64.5 cm³/mol. The van der Waals surface area contributed by atoms with Gasteiger partial charge in [0.1, 0.15) is 5.82 Å². The highest BCUT2D eigenvalue weighted by atomic mass is 16.3. The van der Waals surface area contributed by atoms with Gasteiger partial charge in [0, 0.05) is 37.1 Å². The van der Waals surface area contributed by atoms with E-state index in [1.54, 1.807) is 10.9 Å². The van der Waals surface area contributed by atoms with E-state index in [2.05, 4.69) is 22.4 Å². The van der Waals surface area contributed by atoms with Crippen molar-refractivity contribution < 1.29 is 5.11 Å². The highest BCUT2D eigenvalue weighted by Crippen LogP contribution is 2.05. The van der Waals surface area contributed by atoms with Crippen molar-refractivity contribution >= 4 is 5.82 Å². The summed E-state index contributed by atoms with van der Waals surface area (Å²) in [7, 11) is 0. The summed E-state index contributed by atoms with van der Waals surface area (Å²) < 4.78 is 3.60. The highest BCUT2D eigenvalue weighted by molar-refractivity contribution is 5.33. The number of aryl methyl sites for hydroxylation is 1. The molecular formula is C11H17N5O. The van der Waals surface area contributed by atoms with Gasteiger partial charge in [0.2, 0.25) is 0 Å². The Morgan fingerprint density at radius 2 is 2.29 bits per heavy atom.